The van der Waals surface area contributed by atoms with Gasteiger partial charge in [0.2, 0.25) is 0 Å². The minimum absolute atomic E-state index is 0.247. The Labute approximate surface area is 158 Å². The third-order valence-corrected chi connectivity index (χ3v) is 5.93. The number of likely N-dealkylation sites (tertiary alicyclic amines) is 1. The van der Waals surface area contributed by atoms with Crippen LogP contribution in [0.4, 0.5) is 14.5 Å². The molecule has 0 unspecified atom stereocenters. The number of nitrogens with zero attached hydrogens (tertiary/aromatic N) is 3. The van der Waals surface area contributed by atoms with Gasteiger partial charge in [0.15, 0.2) is 11.6 Å². The van der Waals surface area contributed by atoms with Crippen molar-refractivity contribution in [3.63, 3.8) is 0 Å². The summed E-state index contributed by atoms with van der Waals surface area (Å²) in [7, 11) is 0. The number of aliphatic hydroxyl groups is 1. The summed E-state index contributed by atoms with van der Waals surface area (Å²) in [4.78, 5) is 8.56. The zero-order chi connectivity index (χ0) is 18.8. The molecule has 1 N–H and O–H groups in total. The molecule has 2 fully saturated rings. The Morgan fingerprint density at radius 1 is 1.00 bits per heavy atom. The highest BCUT2D eigenvalue weighted by atomic mass is 19.2. The second-order valence-corrected chi connectivity index (χ2v) is 7.66. The van der Waals surface area contributed by atoms with Gasteiger partial charge in [0, 0.05) is 62.3 Å². The van der Waals surface area contributed by atoms with E-state index >= 15 is 0 Å². The maximum atomic E-state index is 13.5. The highest BCUT2D eigenvalue weighted by molar-refractivity contribution is 5.47. The van der Waals surface area contributed by atoms with Crippen LogP contribution in [-0.4, -0.2) is 53.3 Å². The Bertz CT molecular complexity index is 765. The van der Waals surface area contributed by atoms with Crippen molar-refractivity contribution in [1.29, 1.82) is 0 Å². The van der Waals surface area contributed by atoms with Crippen molar-refractivity contribution in [2.75, 3.05) is 31.1 Å². The number of anilines is 1. The van der Waals surface area contributed by atoms with Crippen molar-refractivity contribution in [2.45, 2.75) is 31.4 Å². The molecule has 4 rings (SSSR count). The Morgan fingerprint density at radius 3 is 2.44 bits per heavy atom. The summed E-state index contributed by atoms with van der Waals surface area (Å²) in [6, 6.07) is 8.56. The Kier molecular flexibility index (Phi) is 5.36. The van der Waals surface area contributed by atoms with Gasteiger partial charge in [0.05, 0.1) is 6.10 Å². The monoisotopic (exact) mass is 373 g/mol. The molecule has 27 heavy (non-hydrogen) atoms. The number of halogens is 2. The average Bonchev–Trinajstić information content (AvgIpc) is 3.05. The van der Waals surface area contributed by atoms with Crippen molar-refractivity contribution < 1.29 is 13.9 Å². The minimum atomic E-state index is -0.806. The molecule has 2 atom stereocenters. The van der Waals surface area contributed by atoms with Crippen LogP contribution in [0.15, 0.2) is 42.7 Å². The molecule has 3 heterocycles. The van der Waals surface area contributed by atoms with E-state index in [0.717, 1.165) is 44.6 Å². The number of rotatable bonds is 4. The molecule has 2 saturated heterocycles. The molecule has 2 aromatic rings. The van der Waals surface area contributed by atoms with Gasteiger partial charge < -0.3 is 10.0 Å². The molecular formula is C21H25F2N3O. The van der Waals surface area contributed by atoms with Crippen molar-refractivity contribution in [3.8, 4) is 0 Å². The summed E-state index contributed by atoms with van der Waals surface area (Å²) >= 11 is 0. The molecule has 0 aliphatic carbocycles. The smallest absolute Gasteiger partial charge is 0.160 e. The normalized spacial score (nSPS) is 24.5. The predicted molar refractivity (Wildman–Crippen MR) is 101 cm³/mol. The summed E-state index contributed by atoms with van der Waals surface area (Å²) in [5.41, 5.74) is 1.95. The van der Waals surface area contributed by atoms with Crippen LogP contribution in [-0.2, 0) is 6.42 Å². The standard InChI is InChI=1S/C21H25F2N3O/c22-19-2-1-18(12-20(19)23)25-9-5-17(6-10-25)26-13-16(21(27)14-26)11-15-3-7-24-8-4-15/h1-4,7-8,12,16-17,21,27H,5-6,9-11,13-14H2/t16-,21+/m1/s1. The molecule has 1 aromatic carbocycles. The molecule has 4 nitrogen and oxygen atoms in total. The summed E-state index contributed by atoms with van der Waals surface area (Å²) in [5, 5.41) is 10.5. The lowest BCUT2D eigenvalue weighted by molar-refractivity contribution is 0.132. The van der Waals surface area contributed by atoms with Crippen LogP contribution in [0.25, 0.3) is 0 Å². The van der Waals surface area contributed by atoms with Crippen molar-refractivity contribution in [3.05, 3.63) is 59.9 Å². The Hall–Kier alpha value is -2.05. The maximum Gasteiger partial charge on any atom is 0.160 e. The molecule has 0 radical (unpaired) electrons. The molecule has 0 saturated carbocycles. The van der Waals surface area contributed by atoms with Gasteiger partial charge in [-0.15, -0.1) is 0 Å². The van der Waals surface area contributed by atoms with E-state index in [2.05, 4.69) is 14.8 Å². The van der Waals surface area contributed by atoms with Crippen LogP contribution in [0.1, 0.15) is 18.4 Å². The number of piperidine rings is 1. The van der Waals surface area contributed by atoms with E-state index < -0.39 is 11.6 Å². The number of benzene rings is 1. The van der Waals surface area contributed by atoms with Gasteiger partial charge in [-0.05, 0) is 49.1 Å². The minimum Gasteiger partial charge on any atom is -0.391 e. The molecule has 0 amide bonds. The topological polar surface area (TPSA) is 39.6 Å². The van der Waals surface area contributed by atoms with Crippen LogP contribution in [0, 0.1) is 17.6 Å². The lowest BCUT2D eigenvalue weighted by Gasteiger charge is -2.38. The molecule has 2 aliphatic rings. The van der Waals surface area contributed by atoms with Gasteiger partial charge in [-0.2, -0.15) is 0 Å². The van der Waals surface area contributed by atoms with Crippen molar-refractivity contribution in [1.82, 2.24) is 9.88 Å². The number of hydrogen-bond acceptors (Lipinski definition) is 4. The lowest BCUT2D eigenvalue weighted by atomic mass is 9.97. The summed E-state index contributed by atoms with van der Waals surface area (Å²) in [6.07, 6.45) is 6.09. The summed E-state index contributed by atoms with van der Waals surface area (Å²) < 4.78 is 26.6. The number of hydrogen-bond donors (Lipinski definition) is 1. The van der Waals surface area contributed by atoms with E-state index in [1.165, 1.54) is 17.7 Å². The van der Waals surface area contributed by atoms with E-state index in [9.17, 15) is 13.9 Å². The number of pyridine rings is 1. The fraction of sp³-hybridized carbons (Fsp3) is 0.476. The van der Waals surface area contributed by atoms with Crippen LogP contribution in [0.2, 0.25) is 0 Å². The van der Waals surface area contributed by atoms with Crippen LogP contribution >= 0.6 is 0 Å². The van der Waals surface area contributed by atoms with Gasteiger partial charge in [0.1, 0.15) is 0 Å². The summed E-state index contributed by atoms with van der Waals surface area (Å²) in [6.45, 7) is 3.25. The number of aliphatic hydroxyl groups excluding tert-OH is 1. The average molecular weight is 373 g/mol. The van der Waals surface area contributed by atoms with Gasteiger partial charge in [-0.25, -0.2) is 8.78 Å². The van der Waals surface area contributed by atoms with Crippen LogP contribution < -0.4 is 4.90 Å². The molecule has 2 aliphatic heterocycles. The second-order valence-electron chi connectivity index (χ2n) is 7.66. The van der Waals surface area contributed by atoms with Gasteiger partial charge in [-0.1, -0.05) is 0 Å². The number of aromatic nitrogens is 1. The van der Waals surface area contributed by atoms with E-state index in [1.807, 2.05) is 12.1 Å². The first-order valence-corrected chi connectivity index (χ1v) is 9.61. The molecule has 0 spiro atoms. The molecule has 6 heteroatoms. The zero-order valence-corrected chi connectivity index (χ0v) is 15.3. The summed E-state index contributed by atoms with van der Waals surface area (Å²) in [5.74, 6) is -1.35. The quantitative estimate of drug-likeness (QED) is 0.895. The van der Waals surface area contributed by atoms with E-state index in [4.69, 9.17) is 0 Å². The van der Waals surface area contributed by atoms with E-state index in [-0.39, 0.29) is 12.0 Å². The lowest BCUT2D eigenvalue weighted by Crippen LogP contribution is -2.44. The van der Waals surface area contributed by atoms with E-state index in [0.29, 0.717) is 12.6 Å². The highest BCUT2D eigenvalue weighted by Gasteiger charge is 2.36. The largest absolute Gasteiger partial charge is 0.391 e. The zero-order valence-electron chi connectivity index (χ0n) is 15.3. The van der Waals surface area contributed by atoms with Crippen molar-refractivity contribution >= 4 is 5.69 Å². The number of β-amino-alcohol motifs (C(OH)–C–C–N with tert-alkyl or cyclic N) is 1. The van der Waals surface area contributed by atoms with Crippen LogP contribution in [0.3, 0.4) is 0 Å². The second kappa shape index (κ2) is 7.90. The first kappa shape index (κ1) is 18.3. The molecule has 144 valence electrons. The van der Waals surface area contributed by atoms with Gasteiger partial charge >= 0.3 is 0 Å². The fourth-order valence-electron chi connectivity index (χ4n) is 4.38. The predicted octanol–water partition coefficient (Wildman–Crippen LogP) is 2.86. The highest BCUT2D eigenvalue weighted by Crippen LogP contribution is 2.29. The van der Waals surface area contributed by atoms with E-state index in [1.54, 1.807) is 18.5 Å². The first-order valence-electron chi connectivity index (χ1n) is 9.61. The van der Waals surface area contributed by atoms with Gasteiger partial charge in [-0.3, -0.25) is 9.88 Å². The fourth-order valence-corrected chi connectivity index (χ4v) is 4.38. The SMILES string of the molecule is O[C@H]1CN(C2CCN(c3ccc(F)c(F)c3)CC2)C[C@H]1Cc1ccncc1. The maximum absolute atomic E-state index is 13.5. The van der Waals surface area contributed by atoms with Crippen LogP contribution in [0.5, 0.6) is 0 Å². The third-order valence-electron chi connectivity index (χ3n) is 5.93. The molecular weight excluding hydrogens is 348 g/mol. The van der Waals surface area contributed by atoms with Crippen molar-refractivity contribution in [2.24, 2.45) is 5.92 Å². The molecule has 1 aromatic heterocycles. The Morgan fingerprint density at radius 2 is 1.74 bits per heavy atom. The first-order chi connectivity index (χ1) is 13.1. The van der Waals surface area contributed by atoms with Gasteiger partial charge in [0.25, 0.3) is 0 Å². The third kappa shape index (κ3) is 4.12. The Balaban J connectivity index is 1.32. The molecule has 0 bridgehead atoms.